The van der Waals surface area contributed by atoms with Gasteiger partial charge in [-0.25, -0.2) is 0 Å². The zero-order valence-corrected chi connectivity index (χ0v) is 32.1. The summed E-state index contributed by atoms with van der Waals surface area (Å²) in [6.07, 6.45) is 3.48. The van der Waals surface area contributed by atoms with E-state index in [1.165, 1.54) is 12.1 Å². The van der Waals surface area contributed by atoms with Gasteiger partial charge >= 0.3 is 5.97 Å². The van der Waals surface area contributed by atoms with E-state index in [9.17, 15) is 29.4 Å². The van der Waals surface area contributed by atoms with Crippen molar-refractivity contribution in [2.24, 2.45) is 5.92 Å². The number of phenolic OH excluding ortho intramolecular Hbond substituents is 1. The molecule has 0 spiro atoms. The van der Waals surface area contributed by atoms with E-state index in [4.69, 9.17) is 4.74 Å². The van der Waals surface area contributed by atoms with E-state index < -0.39 is 11.5 Å². The SMILES string of the molecule is CN(CCCNCC(O)c1ccc(O)c2[nH]c(=O)ccc12)C(=O)Cc1ccc(CC(=O)N2CCC(C(=O)OC3CN4CCC3CC4)(c3ccccc3)CC2)cc1. The largest absolute Gasteiger partial charge is 0.506 e. The molecule has 12 nitrogen and oxygen atoms in total. The van der Waals surface area contributed by atoms with Gasteiger partial charge in [-0.2, -0.15) is 0 Å². The molecule has 4 aliphatic heterocycles. The molecule has 4 fully saturated rings. The minimum absolute atomic E-state index is 0.0133. The topological polar surface area (TPSA) is 156 Å². The average molecular weight is 764 g/mol. The van der Waals surface area contributed by atoms with Crippen LogP contribution in [0.3, 0.4) is 0 Å². The van der Waals surface area contributed by atoms with Crippen molar-refractivity contribution in [3.8, 4) is 5.75 Å². The maximum atomic E-state index is 14.0. The number of likely N-dealkylation sites (N-methyl/N-ethyl adjacent to an activating group) is 1. The van der Waals surface area contributed by atoms with Crippen LogP contribution in [0.25, 0.3) is 10.9 Å². The predicted octanol–water partition coefficient (Wildman–Crippen LogP) is 3.69. The summed E-state index contributed by atoms with van der Waals surface area (Å²) >= 11 is 0. The van der Waals surface area contributed by atoms with Crippen molar-refractivity contribution in [1.82, 2.24) is 25.0 Å². The van der Waals surface area contributed by atoms with Crippen molar-refractivity contribution < 1.29 is 29.3 Å². The highest BCUT2D eigenvalue weighted by Crippen LogP contribution is 2.39. The fourth-order valence-corrected chi connectivity index (χ4v) is 8.64. The van der Waals surface area contributed by atoms with E-state index in [-0.39, 0.29) is 54.6 Å². The molecule has 5 heterocycles. The van der Waals surface area contributed by atoms with Crippen LogP contribution in [0.4, 0.5) is 0 Å². The number of H-pyrrole nitrogens is 1. The number of fused-ring (bicyclic) bond motifs is 4. The van der Waals surface area contributed by atoms with Crippen LogP contribution in [0.5, 0.6) is 5.75 Å². The number of amides is 2. The molecular weight excluding hydrogens is 711 g/mol. The van der Waals surface area contributed by atoms with E-state index >= 15 is 0 Å². The normalized spacial score (nSPS) is 20.8. The third-order valence-corrected chi connectivity index (χ3v) is 12.2. The number of likely N-dealkylation sites (tertiary alicyclic amines) is 1. The monoisotopic (exact) mass is 763 g/mol. The Kier molecular flexibility index (Phi) is 12.2. The molecule has 296 valence electrons. The van der Waals surface area contributed by atoms with Gasteiger partial charge in [0.05, 0.1) is 29.9 Å². The maximum Gasteiger partial charge on any atom is 0.317 e. The minimum atomic E-state index is -0.851. The van der Waals surface area contributed by atoms with Gasteiger partial charge in [0.1, 0.15) is 11.9 Å². The maximum absolute atomic E-state index is 14.0. The summed E-state index contributed by atoms with van der Waals surface area (Å²) in [4.78, 5) is 60.7. The van der Waals surface area contributed by atoms with Gasteiger partial charge in [-0.1, -0.05) is 60.7 Å². The first-order valence-electron chi connectivity index (χ1n) is 19.9. The molecule has 8 rings (SSSR count). The predicted molar refractivity (Wildman–Crippen MR) is 213 cm³/mol. The number of hydrogen-bond acceptors (Lipinski definition) is 9. The Labute approximate surface area is 327 Å². The van der Waals surface area contributed by atoms with Gasteiger partial charge in [0.2, 0.25) is 17.4 Å². The van der Waals surface area contributed by atoms with Gasteiger partial charge in [0, 0.05) is 51.2 Å². The lowest BCUT2D eigenvalue weighted by atomic mass is 9.72. The highest BCUT2D eigenvalue weighted by molar-refractivity contribution is 5.87. The summed E-state index contributed by atoms with van der Waals surface area (Å²) in [6.45, 7) is 5.34. The van der Waals surface area contributed by atoms with Gasteiger partial charge in [-0.15, -0.1) is 0 Å². The molecule has 4 aliphatic rings. The van der Waals surface area contributed by atoms with Crippen LogP contribution in [0.1, 0.15) is 60.5 Å². The lowest BCUT2D eigenvalue weighted by Crippen LogP contribution is -2.55. The summed E-state index contributed by atoms with van der Waals surface area (Å²) in [7, 11) is 1.77. The van der Waals surface area contributed by atoms with E-state index in [0.717, 1.165) is 49.2 Å². The number of piperidine rings is 4. The van der Waals surface area contributed by atoms with Crippen LogP contribution < -0.4 is 10.9 Å². The van der Waals surface area contributed by atoms with E-state index in [1.807, 2.05) is 59.5 Å². The van der Waals surface area contributed by atoms with E-state index in [1.54, 1.807) is 24.1 Å². The summed E-state index contributed by atoms with van der Waals surface area (Å²) < 4.78 is 6.30. The Morgan fingerprint density at radius 3 is 2.30 bits per heavy atom. The molecule has 2 atom stereocenters. The number of aliphatic hydroxyl groups is 1. The van der Waals surface area contributed by atoms with Crippen molar-refractivity contribution in [3.63, 3.8) is 0 Å². The van der Waals surface area contributed by atoms with Crippen LogP contribution in [-0.2, 0) is 37.4 Å². The fraction of sp³-hybridized carbons (Fsp3) is 0.455. The van der Waals surface area contributed by atoms with Gasteiger partial charge < -0.3 is 35.1 Å². The molecule has 4 saturated heterocycles. The number of ether oxygens (including phenoxy) is 1. The number of nitrogens with one attached hydrogen (secondary N) is 2. The number of aromatic hydroxyl groups is 1. The van der Waals surface area contributed by atoms with Crippen LogP contribution in [0, 0.1) is 5.92 Å². The summed E-state index contributed by atoms with van der Waals surface area (Å²) in [5.74, 6) is 0.233. The summed E-state index contributed by atoms with van der Waals surface area (Å²) in [6, 6.07) is 23.6. The number of phenols is 1. The molecular formula is C44H53N5O7. The summed E-state index contributed by atoms with van der Waals surface area (Å²) in [5, 5.41) is 24.7. The smallest absolute Gasteiger partial charge is 0.317 e. The second kappa shape index (κ2) is 17.4. The highest BCUT2D eigenvalue weighted by Gasteiger charge is 2.47. The highest BCUT2D eigenvalue weighted by atomic mass is 16.5. The zero-order chi connectivity index (χ0) is 39.2. The third-order valence-electron chi connectivity index (χ3n) is 12.2. The van der Waals surface area contributed by atoms with Crippen LogP contribution >= 0.6 is 0 Å². The Hall–Kier alpha value is -5.04. The lowest BCUT2D eigenvalue weighted by Gasteiger charge is -2.46. The molecule has 4 N–H and O–H groups in total. The average Bonchev–Trinajstić information content (AvgIpc) is 3.22. The van der Waals surface area contributed by atoms with Crippen LogP contribution in [0.2, 0.25) is 0 Å². The van der Waals surface area contributed by atoms with Gasteiger partial charge in [-0.05, 0) is 92.0 Å². The molecule has 2 unspecified atom stereocenters. The van der Waals surface area contributed by atoms with Crippen molar-refractivity contribution in [1.29, 1.82) is 0 Å². The Morgan fingerprint density at radius 2 is 1.62 bits per heavy atom. The second-order valence-electron chi connectivity index (χ2n) is 15.8. The first-order chi connectivity index (χ1) is 27.1. The van der Waals surface area contributed by atoms with Crippen molar-refractivity contribution >= 4 is 28.7 Å². The van der Waals surface area contributed by atoms with Crippen LogP contribution in [-0.4, -0.2) is 113 Å². The first kappa shape index (κ1) is 39.2. The number of benzene rings is 3. The van der Waals surface area contributed by atoms with E-state index in [0.29, 0.717) is 67.8 Å². The van der Waals surface area contributed by atoms with Crippen molar-refractivity contribution in [3.05, 3.63) is 111 Å². The minimum Gasteiger partial charge on any atom is -0.506 e. The lowest BCUT2D eigenvalue weighted by molar-refractivity contribution is -0.168. The molecule has 56 heavy (non-hydrogen) atoms. The van der Waals surface area contributed by atoms with E-state index in [2.05, 4.69) is 15.2 Å². The number of carbonyl (C=O) groups is 3. The number of esters is 1. The number of aromatic nitrogens is 1. The van der Waals surface area contributed by atoms with Gasteiger partial charge in [-0.3, -0.25) is 24.1 Å². The fourth-order valence-electron chi connectivity index (χ4n) is 8.64. The number of nitrogens with zero attached hydrogens (tertiary/aromatic N) is 3. The number of carbonyl (C=O) groups excluding carboxylic acids is 3. The second-order valence-corrected chi connectivity index (χ2v) is 15.8. The zero-order valence-electron chi connectivity index (χ0n) is 32.1. The summed E-state index contributed by atoms with van der Waals surface area (Å²) in [5.41, 5.74) is 2.50. The molecule has 2 amide bonds. The molecule has 4 aromatic rings. The first-order valence-corrected chi connectivity index (χ1v) is 19.9. The number of aromatic amines is 1. The molecule has 12 heteroatoms. The number of pyridine rings is 1. The quantitative estimate of drug-likeness (QED) is 0.111. The Bertz CT molecular complexity index is 2050. The Morgan fingerprint density at radius 1 is 0.929 bits per heavy atom. The number of rotatable bonds is 14. The molecule has 0 radical (unpaired) electrons. The van der Waals surface area contributed by atoms with Crippen molar-refractivity contribution in [2.75, 3.05) is 59.4 Å². The van der Waals surface area contributed by atoms with Crippen molar-refractivity contribution in [2.45, 2.75) is 62.6 Å². The van der Waals surface area contributed by atoms with Crippen LogP contribution in [0.15, 0.2) is 83.7 Å². The van der Waals surface area contributed by atoms with Gasteiger partial charge in [0.25, 0.3) is 0 Å². The molecule has 1 aromatic heterocycles. The standard InChI is InChI=1S/C44H53N5O7/c1-47(21-5-20-45-28-37(51)34-12-14-36(50)42-35(34)13-15-39(52)46-42)40(53)26-30-8-10-31(11-9-30)27-41(54)49-24-18-44(19-25-49,33-6-3-2-4-7-33)43(55)56-38-29-48-22-16-32(38)17-23-48/h2-4,6-15,32,37-38,45,50-51H,5,16-29H2,1H3,(H,46,52). The molecule has 0 aliphatic carbocycles. The molecule has 0 saturated carbocycles. The Balaban J connectivity index is 0.845. The van der Waals surface area contributed by atoms with Gasteiger partial charge in [0.15, 0.2) is 0 Å². The third kappa shape index (κ3) is 8.83. The molecule has 3 aromatic carbocycles. The molecule has 2 bridgehead atoms. The number of hydrogen-bond donors (Lipinski definition) is 4. The number of aliphatic hydroxyl groups excluding tert-OH is 1.